The number of β-amino-alcohol motifs (C(OH)–C–C–N with tert-alkyl or cyclic N) is 1. The lowest BCUT2D eigenvalue weighted by Gasteiger charge is -2.18. The molecule has 1 N–H and O–H groups in total. The molecule has 2 aromatic rings. The number of benzene rings is 1. The van der Waals surface area contributed by atoms with E-state index in [2.05, 4.69) is 5.16 Å². The Bertz CT molecular complexity index is 838. The van der Waals surface area contributed by atoms with Crippen molar-refractivity contribution in [3.8, 4) is 17.1 Å². The SMILES string of the molecule is COc1cc(-c2onc(N(C)C)c2C(=O)N2C[C@H](OC)[C@@H](O)C2)ccc1F. The van der Waals surface area contributed by atoms with E-state index in [0.29, 0.717) is 11.4 Å². The molecule has 1 aromatic carbocycles. The van der Waals surface area contributed by atoms with Gasteiger partial charge in [0.15, 0.2) is 23.1 Å². The normalized spacial score (nSPS) is 19.4. The zero-order valence-corrected chi connectivity index (χ0v) is 15.6. The van der Waals surface area contributed by atoms with Gasteiger partial charge in [0.2, 0.25) is 0 Å². The second kappa shape index (κ2) is 7.53. The van der Waals surface area contributed by atoms with Crippen LogP contribution in [0.25, 0.3) is 11.3 Å². The Labute approximate surface area is 156 Å². The maximum Gasteiger partial charge on any atom is 0.261 e. The predicted molar refractivity (Wildman–Crippen MR) is 95.5 cm³/mol. The summed E-state index contributed by atoms with van der Waals surface area (Å²) in [5.74, 6) is -0.292. The number of likely N-dealkylation sites (tertiary alicyclic amines) is 1. The highest BCUT2D eigenvalue weighted by molar-refractivity contribution is 6.04. The van der Waals surface area contributed by atoms with Gasteiger partial charge in [-0.25, -0.2) is 4.39 Å². The van der Waals surface area contributed by atoms with Crippen molar-refractivity contribution in [2.75, 3.05) is 46.3 Å². The third-order valence-corrected chi connectivity index (χ3v) is 4.55. The summed E-state index contributed by atoms with van der Waals surface area (Å²) in [7, 11) is 6.32. The van der Waals surface area contributed by atoms with Gasteiger partial charge in [-0.1, -0.05) is 5.16 Å². The Morgan fingerprint density at radius 1 is 1.37 bits per heavy atom. The summed E-state index contributed by atoms with van der Waals surface area (Å²) in [6.45, 7) is 0.391. The fourth-order valence-corrected chi connectivity index (χ4v) is 3.09. The highest BCUT2D eigenvalue weighted by atomic mass is 19.1. The second-order valence-electron chi connectivity index (χ2n) is 6.51. The quantitative estimate of drug-likeness (QED) is 0.840. The van der Waals surface area contributed by atoms with Gasteiger partial charge in [0.25, 0.3) is 5.91 Å². The Morgan fingerprint density at radius 2 is 2.11 bits per heavy atom. The number of aliphatic hydroxyl groups excluding tert-OH is 1. The summed E-state index contributed by atoms with van der Waals surface area (Å²) < 4.78 is 29.4. The van der Waals surface area contributed by atoms with Crippen molar-refractivity contribution >= 4 is 11.7 Å². The molecule has 1 saturated heterocycles. The maximum absolute atomic E-state index is 13.8. The standard InChI is InChI=1S/C18H22FN3O5/c1-21(2)17-15(18(24)22-8-12(23)14(9-22)26-4)16(27-20-17)10-5-6-11(19)13(7-10)25-3/h5-7,12,14,23H,8-9H2,1-4H3/t12-,14-/m0/s1. The number of aromatic nitrogens is 1. The molecule has 9 heteroatoms. The minimum Gasteiger partial charge on any atom is -0.494 e. The number of amides is 1. The molecule has 0 unspecified atom stereocenters. The zero-order valence-electron chi connectivity index (χ0n) is 15.6. The van der Waals surface area contributed by atoms with Gasteiger partial charge in [-0.05, 0) is 18.2 Å². The molecule has 0 spiro atoms. The van der Waals surface area contributed by atoms with E-state index in [-0.39, 0.29) is 36.1 Å². The first-order valence-corrected chi connectivity index (χ1v) is 8.38. The number of nitrogens with zero attached hydrogens (tertiary/aromatic N) is 3. The number of carbonyl (C=O) groups excluding carboxylic acids is 1. The molecule has 2 atom stereocenters. The Hall–Kier alpha value is -2.65. The molecule has 27 heavy (non-hydrogen) atoms. The molecule has 1 aliphatic rings. The van der Waals surface area contributed by atoms with E-state index in [1.54, 1.807) is 19.0 Å². The van der Waals surface area contributed by atoms with Gasteiger partial charge in [-0.2, -0.15) is 0 Å². The van der Waals surface area contributed by atoms with Crippen molar-refractivity contribution in [1.82, 2.24) is 10.1 Å². The first-order valence-electron chi connectivity index (χ1n) is 8.38. The van der Waals surface area contributed by atoms with Crippen LogP contribution in [0, 0.1) is 5.82 Å². The lowest BCUT2D eigenvalue weighted by Crippen LogP contribution is -2.31. The maximum atomic E-state index is 13.8. The van der Waals surface area contributed by atoms with Gasteiger partial charge < -0.3 is 28.9 Å². The van der Waals surface area contributed by atoms with Crippen LogP contribution in [0.1, 0.15) is 10.4 Å². The monoisotopic (exact) mass is 379 g/mol. The number of carbonyl (C=O) groups is 1. The van der Waals surface area contributed by atoms with Gasteiger partial charge in [-0.15, -0.1) is 0 Å². The van der Waals surface area contributed by atoms with E-state index in [0.717, 1.165) is 0 Å². The van der Waals surface area contributed by atoms with Crippen molar-refractivity contribution < 1.29 is 28.3 Å². The summed E-state index contributed by atoms with van der Waals surface area (Å²) in [5.41, 5.74) is 0.692. The zero-order chi connectivity index (χ0) is 19.7. The Kier molecular flexibility index (Phi) is 5.33. The van der Waals surface area contributed by atoms with Gasteiger partial charge in [0.1, 0.15) is 11.7 Å². The fourth-order valence-electron chi connectivity index (χ4n) is 3.09. The lowest BCUT2D eigenvalue weighted by atomic mass is 10.1. The first-order chi connectivity index (χ1) is 12.9. The Morgan fingerprint density at radius 3 is 2.70 bits per heavy atom. The van der Waals surface area contributed by atoms with Gasteiger partial charge >= 0.3 is 0 Å². The van der Waals surface area contributed by atoms with Crippen molar-refractivity contribution in [2.45, 2.75) is 12.2 Å². The molecule has 2 heterocycles. The number of ether oxygens (including phenoxy) is 2. The number of halogens is 1. The van der Waals surface area contributed by atoms with E-state index in [1.807, 2.05) is 0 Å². The van der Waals surface area contributed by atoms with Crippen LogP contribution in [0.3, 0.4) is 0 Å². The van der Waals surface area contributed by atoms with Crippen LogP contribution in [0.4, 0.5) is 10.2 Å². The van der Waals surface area contributed by atoms with Crippen molar-refractivity contribution in [2.24, 2.45) is 0 Å². The number of aliphatic hydroxyl groups is 1. The number of rotatable bonds is 5. The van der Waals surface area contributed by atoms with Gasteiger partial charge in [0.05, 0.1) is 13.2 Å². The van der Waals surface area contributed by atoms with Crippen molar-refractivity contribution in [3.63, 3.8) is 0 Å². The molecule has 146 valence electrons. The largest absolute Gasteiger partial charge is 0.494 e. The molecule has 1 aromatic heterocycles. The Balaban J connectivity index is 2.04. The van der Waals surface area contributed by atoms with Crippen LogP contribution in [0.5, 0.6) is 5.75 Å². The highest BCUT2D eigenvalue weighted by Gasteiger charge is 2.38. The van der Waals surface area contributed by atoms with E-state index >= 15 is 0 Å². The van der Waals surface area contributed by atoms with Crippen LogP contribution in [-0.4, -0.2) is 74.7 Å². The average Bonchev–Trinajstić information content (AvgIpc) is 3.25. The second-order valence-corrected chi connectivity index (χ2v) is 6.51. The highest BCUT2D eigenvalue weighted by Crippen LogP contribution is 2.35. The van der Waals surface area contributed by atoms with Gasteiger partial charge in [-0.3, -0.25) is 4.79 Å². The van der Waals surface area contributed by atoms with Crippen LogP contribution in [-0.2, 0) is 4.74 Å². The molecule has 1 aliphatic heterocycles. The molecule has 8 nitrogen and oxygen atoms in total. The van der Waals surface area contributed by atoms with Crippen molar-refractivity contribution in [3.05, 3.63) is 29.6 Å². The third-order valence-electron chi connectivity index (χ3n) is 4.55. The summed E-state index contributed by atoms with van der Waals surface area (Å²) >= 11 is 0. The van der Waals surface area contributed by atoms with Gasteiger partial charge in [0, 0.05) is 39.9 Å². The topological polar surface area (TPSA) is 88.3 Å². The lowest BCUT2D eigenvalue weighted by molar-refractivity contribution is 0.0215. The van der Waals surface area contributed by atoms with Crippen LogP contribution in [0.2, 0.25) is 0 Å². The molecule has 0 saturated carbocycles. The van der Waals surface area contributed by atoms with E-state index < -0.39 is 18.0 Å². The van der Waals surface area contributed by atoms with E-state index in [4.69, 9.17) is 14.0 Å². The molecule has 0 radical (unpaired) electrons. The van der Waals surface area contributed by atoms with E-state index in [9.17, 15) is 14.3 Å². The predicted octanol–water partition coefficient (Wildman–Crippen LogP) is 1.39. The number of hydrogen-bond donors (Lipinski definition) is 1. The summed E-state index contributed by atoms with van der Waals surface area (Å²) in [6, 6.07) is 4.18. The summed E-state index contributed by atoms with van der Waals surface area (Å²) in [4.78, 5) is 16.3. The average molecular weight is 379 g/mol. The molecule has 1 fully saturated rings. The molecular formula is C18H22FN3O5. The minimum atomic E-state index is -0.768. The van der Waals surface area contributed by atoms with Crippen molar-refractivity contribution in [1.29, 1.82) is 0 Å². The fraction of sp³-hybridized carbons (Fsp3) is 0.444. The summed E-state index contributed by atoms with van der Waals surface area (Å²) in [5, 5.41) is 14.0. The number of methoxy groups -OCH3 is 2. The first kappa shape index (κ1) is 19.1. The molecule has 1 amide bonds. The van der Waals surface area contributed by atoms with Crippen LogP contribution >= 0.6 is 0 Å². The molecular weight excluding hydrogens is 357 g/mol. The van der Waals surface area contributed by atoms with E-state index in [1.165, 1.54) is 37.3 Å². The number of anilines is 1. The van der Waals surface area contributed by atoms with Crippen LogP contribution in [0.15, 0.2) is 22.7 Å². The summed E-state index contributed by atoms with van der Waals surface area (Å²) in [6.07, 6.45) is -1.22. The molecule has 0 aliphatic carbocycles. The number of hydrogen-bond acceptors (Lipinski definition) is 7. The molecule has 3 rings (SSSR count). The van der Waals surface area contributed by atoms with Crippen LogP contribution < -0.4 is 9.64 Å². The third kappa shape index (κ3) is 3.47. The minimum absolute atomic E-state index is 0.0322. The molecule has 0 bridgehead atoms. The smallest absolute Gasteiger partial charge is 0.261 e.